The van der Waals surface area contributed by atoms with Crippen molar-refractivity contribution >= 4 is 71.4 Å². The molecule has 3 aromatic rings. The highest BCUT2D eigenvalue weighted by Crippen LogP contribution is 2.41. The minimum atomic E-state index is -0.567. The first kappa shape index (κ1) is 20.2. The molecular formula is C18H12Br2FNO3S2. The number of hydrogen-bond donors (Lipinski definition) is 1. The SMILES string of the molecule is COC(=O)c1c(NC(=O)c2cc(Br)c(Br)s2)sc(C)c1-c1ccc(F)cc1. The first-order chi connectivity index (χ1) is 12.8. The van der Waals surface area contributed by atoms with E-state index in [4.69, 9.17) is 4.74 Å². The number of rotatable bonds is 4. The normalized spacial score (nSPS) is 10.7. The van der Waals surface area contributed by atoms with Crippen LogP contribution < -0.4 is 5.32 Å². The van der Waals surface area contributed by atoms with E-state index < -0.39 is 5.97 Å². The van der Waals surface area contributed by atoms with Crippen molar-refractivity contribution < 1.29 is 18.7 Å². The summed E-state index contributed by atoms with van der Waals surface area (Å²) >= 11 is 9.26. The molecule has 140 valence electrons. The van der Waals surface area contributed by atoms with Crippen LogP contribution in [0.3, 0.4) is 0 Å². The van der Waals surface area contributed by atoms with Crippen LogP contribution in [0.25, 0.3) is 11.1 Å². The van der Waals surface area contributed by atoms with Gasteiger partial charge in [0.05, 0.1) is 15.8 Å². The van der Waals surface area contributed by atoms with Crippen LogP contribution >= 0.6 is 54.5 Å². The van der Waals surface area contributed by atoms with E-state index in [0.717, 1.165) is 13.1 Å². The average Bonchev–Trinajstić information content (AvgIpc) is 3.14. The number of carbonyl (C=O) groups excluding carboxylic acids is 2. The Morgan fingerprint density at radius 1 is 1.15 bits per heavy atom. The van der Waals surface area contributed by atoms with Gasteiger partial charge in [0, 0.05) is 14.9 Å². The van der Waals surface area contributed by atoms with Gasteiger partial charge in [-0.3, -0.25) is 4.79 Å². The standard InChI is InChI=1S/C18H12Br2FNO3S2/c1-8-13(9-3-5-10(21)6-4-9)14(18(24)25-2)17(26-8)22-16(23)12-7-11(19)15(20)27-12/h3-7H,1-2H3,(H,22,23). The number of anilines is 1. The lowest BCUT2D eigenvalue weighted by atomic mass is 10.0. The van der Waals surface area contributed by atoms with Gasteiger partial charge in [-0.1, -0.05) is 12.1 Å². The zero-order valence-corrected chi connectivity index (χ0v) is 18.9. The van der Waals surface area contributed by atoms with Gasteiger partial charge < -0.3 is 10.1 Å². The third-order valence-electron chi connectivity index (χ3n) is 3.70. The quantitative estimate of drug-likeness (QED) is 0.391. The number of ether oxygens (including phenoxy) is 1. The summed E-state index contributed by atoms with van der Waals surface area (Å²) in [6, 6.07) is 7.54. The molecule has 0 aliphatic heterocycles. The third kappa shape index (κ3) is 4.16. The molecule has 2 aromatic heterocycles. The summed E-state index contributed by atoms with van der Waals surface area (Å²) in [5.41, 5.74) is 1.55. The van der Waals surface area contributed by atoms with Crippen LogP contribution in [-0.4, -0.2) is 19.0 Å². The second-order valence-corrected chi connectivity index (χ2v) is 9.87. The zero-order chi connectivity index (χ0) is 19.7. The molecule has 1 N–H and O–H groups in total. The van der Waals surface area contributed by atoms with Crippen LogP contribution in [-0.2, 0) is 4.74 Å². The summed E-state index contributed by atoms with van der Waals surface area (Å²) in [5.74, 6) is -1.26. The number of methoxy groups -OCH3 is 1. The first-order valence-electron chi connectivity index (χ1n) is 7.55. The van der Waals surface area contributed by atoms with E-state index in [-0.39, 0.29) is 17.3 Å². The topological polar surface area (TPSA) is 55.4 Å². The van der Waals surface area contributed by atoms with Crippen molar-refractivity contribution in [3.05, 3.63) is 59.7 Å². The molecule has 0 aliphatic rings. The number of amides is 1. The van der Waals surface area contributed by atoms with Gasteiger partial charge in [-0.25, -0.2) is 9.18 Å². The number of esters is 1. The van der Waals surface area contributed by atoms with E-state index in [1.54, 1.807) is 18.2 Å². The maximum Gasteiger partial charge on any atom is 0.341 e. The summed E-state index contributed by atoms with van der Waals surface area (Å²) in [6.45, 7) is 1.84. The molecule has 27 heavy (non-hydrogen) atoms. The molecule has 0 unspecified atom stereocenters. The second-order valence-electron chi connectivity index (χ2n) is 5.42. The Kier molecular flexibility index (Phi) is 6.15. The third-order valence-corrected chi connectivity index (χ3v) is 7.98. The van der Waals surface area contributed by atoms with Crippen molar-refractivity contribution in [2.24, 2.45) is 0 Å². The highest BCUT2D eigenvalue weighted by molar-refractivity contribution is 9.13. The fourth-order valence-corrected chi connectivity index (χ4v) is 5.51. The number of hydrogen-bond acceptors (Lipinski definition) is 5. The smallest absolute Gasteiger partial charge is 0.341 e. The monoisotopic (exact) mass is 531 g/mol. The maximum absolute atomic E-state index is 13.3. The van der Waals surface area contributed by atoms with E-state index >= 15 is 0 Å². The molecule has 4 nitrogen and oxygen atoms in total. The molecule has 0 saturated carbocycles. The number of thiophene rings is 2. The predicted octanol–water partition coefficient (Wildman–Crippen LogP) is 6.49. The average molecular weight is 533 g/mol. The van der Waals surface area contributed by atoms with Crippen molar-refractivity contribution in [2.75, 3.05) is 12.4 Å². The Bertz CT molecular complexity index is 1010. The molecule has 1 amide bonds. The summed E-state index contributed by atoms with van der Waals surface area (Å²) in [5, 5.41) is 3.19. The van der Waals surface area contributed by atoms with E-state index in [2.05, 4.69) is 37.2 Å². The Hall–Kier alpha value is -1.55. The molecular weight excluding hydrogens is 521 g/mol. The first-order valence-corrected chi connectivity index (χ1v) is 10.8. The van der Waals surface area contributed by atoms with Crippen molar-refractivity contribution in [3.63, 3.8) is 0 Å². The lowest BCUT2D eigenvalue weighted by Crippen LogP contribution is -2.13. The van der Waals surface area contributed by atoms with Crippen molar-refractivity contribution in [3.8, 4) is 11.1 Å². The Labute approximate surface area is 179 Å². The second kappa shape index (κ2) is 8.22. The zero-order valence-electron chi connectivity index (χ0n) is 14.1. The largest absolute Gasteiger partial charge is 0.465 e. The fourth-order valence-electron chi connectivity index (χ4n) is 2.52. The van der Waals surface area contributed by atoms with E-state index in [1.165, 1.54) is 41.9 Å². The summed E-state index contributed by atoms with van der Waals surface area (Å²) in [4.78, 5) is 26.3. The van der Waals surface area contributed by atoms with E-state index in [0.29, 0.717) is 21.0 Å². The summed E-state index contributed by atoms with van der Waals surface area (Å²) in [6.07, 6.45) is 0. The van der Waals surface area contributed by atoms with Gasteiger partial charge in [0.1, 0.15) is 16.4 Å². The number of halogens is 3. The minimum absolute atomic E-state index is 0.259. The van der Waals surface area contributed by atoms with Crippen LogP contribution in [0.2, 0.25) is 0 Å². The molecule has 0 atom stereocenters. The number of aryl methyl sites for hydroxylation is 1. The lowest BCUT2D eigenvalue weighted by molar-refractivity contribution is 0.0603. The van der Waals surface area contributed by atoms with Gasteiger partial charge in [0.15, 0.2) is 0 Å². The Morgan fingerprint density at radius 3 is 2.37 bits per heavy atom. The molecule has 9 heteroatoms. The Morgan fingerprint density at radius 2 is 1.81 bits per heavy atom. The van der Waals surface area contributed by atoms with Crippen LogP contribution in [0, 0.1) is 12.7 Å². The number of carbonyl (C=O) groups is 2. The number of benzene rings is 1. The summed E-state index contributed by atoms with van der Waals surface area (Å²) in [7, 11) is 1.28. The van der Waals surface area contributed by atoms with Gasteiger partial charge in [0.25, 0.3) is 5.91 Å². The van der Waals surface area contributed by atoms with Gasteiger partial charge in [0.2, 0.25) is 0 Å². The molecule has 2 heterocycles. The summed E-state index contributed by atoms with van der Waals surface area (Å²) < 4.78 is 19.8. The van der Waals surface area contributed by atoms with E-state index in [9.17, 15) is 14.0 Å². The minimum Gasteiger partial charge on any atom is -0.465 e. The molecule has 3 rings (SSSR count). The molecule has 0 aliphatic carbocycles. The van der Waals surface area contributed by atoms with Crippen LogP contribution in [0.15, 0.2) is 38.6 Å². The van der Waals surface area contributed by atoms with E-state index in [1.807, 2.05) is 6.92 Å². The molecule has 0 bridgehead atoms. The van der Waals surface area contributed by atoms with Gasteiger partial charge in [-0.05, 0) is 62.5 Å². The van der Waals surface area contributed by atoms with Crippen molar-refractivity contribution in [1.82, 2.24) is 0 Å². The highest BCUT2D eigenvalue weighted by Gasteiger charge is 2.26. The van der Waals surface area contributed by atoms with Gasteiger partial charge >= 0.3 is 5.97 Å². The van der Waals surface area contributed by atoms with Crippen LogP contribution in [0.4, 0.5) is 9.39 Å². The Balaban J connectivity index is 2.05. The van der Waals surface area contributed by atoms with Gasteiger partial charge in [-0.15, -0.1) is 22.7 Å². The van der Waals surface area contributed by atoms with Crippen LogP contribution in [0.5, 0.6) is 0 Å². The lowest BCUT2D eigenvalue weighted by Gasteiger charge is -2.07. The molecule has 0 radical (unpaired) electrons. The maximum atomic E-state index is 13.3. The molecule has 0 fully saturated rings. The highest BCUT2D eigenvalue weighted by atomic mass is 79.9. The van der Waals surface area contributed by atoms with Crippen molar-refractivity contribution in [1.29, 1.82) is 0 Å². The van der Waals surface area contributed by atoms with Crippen LogP contribution in [0.1, 0.15) is 24.9 Å². The predicted molar refractivity (Wildman–Crippen MR) is 113 cm³/mol. The molecule has 0 spiro atoms. The molecule has 1 aromatic carbocycles. The van der Waals surface area contributed by atoms with Gasteiger partial charge in [-0.2, -0.15) is 0 Å². The number of nitrogens with one attached hydrogen (secondary N) is 1. The van der Waals surface area contributed by atoms with Crippen molar-refractivity contribution in [2.45, 2.75) is 6.92 Å². The molecule has 0 saturated heterocycles. The fraction of sp³-hybridized carbons (Fsp3) is 0.111.